The highest BCUT2D eigenvalue weighted by molar-refractivity contribution is 7.89. The van der Waals surface area contributed by atoms with Crippen LogP contribution in [0.3, 0.4) is 0 Å². The number of hydrogen-bond acceptors (Lipinski definition) is 3. The molecule has 23 heavy (non-hydrogen) atoms. The van der Waals surface area contributed by atoms with Crippen LogP contribution in [-0.4, -0.2) is 20.1 Å². The van der Waals surface area contributed by atoms with E-state index in [2.05, 4.69) is 4.72 Å². The first-order valence-electron chi connectivity index (χ1n) is 7.39. The minimum absolute atomic E-state index is 0.0572. The lowest BCUT2D eigenvalue weighted by Gasteiger charge is -2.24. The van der Waals surface area contributed by atoms with Crippen LogP contribution >= 0.6 is 11.6 Å². The van der Waals surface area contributed by atoms with Crippen molar-refractivity contribution in [3.8, 4) is 0 Å². The zero-order chi connectivity index (χ0) is 16.7. The number of rotatable bonds is 4. The lowest BCUT2D eigenvalue weighted by Crippen LogP contribution is -2.39. The summed E-state index contributed by atoms with van der Waals surface area (Å²) in [5.41, 5.74) is 1.19. The monoisotopic (exact) mass is 351 g/mol. The topological polar surface area (TPSA) is 66.4 Å². The van der Waals surface area contributed by atoms with Crippen molar-refractivity contribution in [2.45, 2.75) is 30.3 Å². The molecule has 122 valence electrons. The molecule has 4 nitrogen and oxygen atoms in total. The van der Waals surface area contributed by atoms with Gasteiger partial charge < -0.3 is 5.11 Å². The molecule has 1 atom stereocenters. The van der Waals surface area contributed by atoms with Crippen LogP contribution in [0.15, 0.2) is 47.4 Å². The van der Waals surface area contributed by atoms with Crippen LogP contribution in [0, 0.1) is 6.92 Å². The van der Waals surface area contributed by atoms with Crippen molar-refractivity contribution in [3.05, 3.63) is 64.2 Å². The molecule has 1 aliphatic rings. The lowest BCUT2D eigenvalue weighted by molar-refractivity contribution is 0.0442. The van der Waals surface area contributed by atoms with Gasteiger partial charge in [-0.2, -0.15) is 0 Å². The smallest absolute Gasteiger partial charge is 0.240 e. The second-order valence-electron chi connectivity index (χ2n) is 5.88. The maximum atomic E-state index is 12.5. The highest BCUT2D eigenvalue weighted by Gasteiger charge is 2.37. The van der Waals surface area contributed by atoms with E-state index in [-0.39, 0.29) is 11.4 Å². The van der Waals surface area contributed by atoms with E-state index in [0.29, 0.717) is 17.0 Å². The molecule has 0 saturated carbocycles. The van der Waals surface area contributed by atoms with Gasteiger partial charge in [-0.25, -0.2) is 13.1 Å². The molecule has 0 saturated heterocycles. The maximum Gasteiger partial charge on any atom is 0.240 e. The predicted octanol–water partition coefficient (Wildman–Crippen LogP) is 2.76. The Labute approximate surface area is 141 Å². The molecule has 0 spiro atoms. The Morgan fingerprint density at radius 3 is 2.74 bits per heavy atom. The summed E-state index contributed by atoms with van der Waals surface area (Å²) in [6, 6.07) is 12.3. The molecule has 0 unspecified atom stereocenters. The summed E-state index contributed by atoms with van der Waals surface area (Å²) in [4.78, 5) is 0.139. The van der Waals surface area contributed by atoms with E-state index in [1.54, 1.807) is 19.1 Å². The highest BCUT2D eigenvalue weighted by Crippen LogP contribution is 2.36. The first kappa shape index (κ1) is 16.5. The van der Waals surface area contributed by atoms with Crippen LogP contribution in [0.5, 0.6) is 0 Å². The molecule has 1 aliphatic carbocycles. The van der Waals surface area contributed by atoms with Gasteiger partial charge in [-0.1, -0.05) is 41.9 Å². The summed E-state index contributed by atoms with van der Waals surface area (Å²) in [7, 11) is -3.74. The van der Waals surface area contributed by atoms with E-state index in [1.165, 1.54) is 6.07 Å². The van der Waals surface area contributed by atoms with Gasteiger partial charge in [0.25, 0.3) is 0 Å². The summed E-state index contributed by atoms with van der Waals surface area (Å²) >= 11 is 6.00. The number of nitrogens with one attached hydrogen (secondary N) is 1. The van der Waals surface area contributed by atoms with Gasteiger partial charge in [-0.3, -0.25) is 0 Å². The molecule has 2 aromatic carbocycles. The highest BCUT2D eigenvalue weighted by atomic mass is 35.5. The Hall–Kier alpha value is -1.40. The van der Waals surface area contributed by atoms with Crippen molar-refractivity contribution in [2.75, 3.05) is 6.54 Å². The van der Waals surface area contributed by atoms with E-state index in [4.69, 9.17) is 11.6 Å². The summed E-state index contributed by atoms with van der Waals surface area (Å²) in [6.07, 6.45) is 1.24. The minimum atomic E-state index is -3.74. The maximum absolute atomic E-state index is 12.5. The van der Waals surface area contributed by atoms with Gasteiger partial charge in [-0.05, 0) is 48.6 Å². The summed E-state index contributed by atoms with van der Waals surface area (Å²) in [6.45, 7) is 1.61. The molecule has 0 bridgehead atoms. The standard InChI is InChI=1S/C17H18ClNO3S/c1-12-15(18)7-4-8-16(12)23(21,22)19-11-17(20)10-9-13-5-2-3-6-14(13)17/h2-8,19-20H,9-11H2,1H3/t17-/m1/s1. The fraction of sp³-hybridized carbons (Fsp3) is 0.294. The van der Waals surface area contributed by atoms with Gasteiger partial charge in [0, 0.05) is 11.6 Å². The number of halogens is 1. The summed E-state index contributed by atoms with van der Waals surface area (Å²) in [5.74, 6) is 0. The second-order valence-corrected chi connectivity index (χ2v) is 8.02. The van der Waals surface area contributed by atoms with Gasteiger partial charge in [0.15, 0.2) is 0 Å². The second kappa shape index (κ2) is 5.91. The van der Waals surface area contributed by atoms with Crippen molar-refractivity contribution in [2.24, 2.45) is 0 Å². The van der Waals surface area contributed by atoms with Gasteiger partial charge in [0.2, 0.25) is 10.0 Å². The molecule has 2 aromatic rings. The average molecular weight is 352 g/mol. The van der Waals surface area contributed by atoms with Gasteiger partial charge in [-0.15, -0.1) is 0 Å². The van der Waals surface area contributed by atoms with Crippen LogP contribution in [0.2, 0.25) is 5.02 Å². The fourth-order valence-corrected chi connectivity index (χ4v) is 4.61. The van der Waals surface area contributed by atoms with E-state index in [9.17, 15) is 13.5 Å². The van der Waals surface area contributed by atoms with Crippen LogP contribution in [-0.2, 0) is 22.0 Å². The molecule has 3 rings (SSSR count). The molecule has 0 amide bonds. The van der Waals surface area contributed by atoms with Crippen LogP contribution in [0.4, 0.5) is 0 Å². The van der Waals surface area contributed by atoms with Crippen molar-refractivity contribution in [1.29, 1.82) is 0 Å². The number of aliphatic hydroxyl groups is 1. The number of hydrogen-bond donors (Lipinski definition) is 2. The van der Waals surface area contributed by atoms with E-state index >= 15 is 0 Å². The van der Waals surface area contributed by atoms with Crippen LogP contribution in [0.1, 0.15) is 23.1 Å². The van der Waals surface area contributed by atoms with Gasteiger partial charge in [0.05, 0.1) is 4.90 Å². The van der Waals surface area contributed by atoms with Crippen molar-refractivity contribution in [1.82, 2.24) is 4.72 Å². The van der Waals surface area contributed by atoms with E-state index in [0.717, 1.165) is 17.5 Å². The molecule has 2 N–H and O–H groups in total. The Morgan fingerprint density at radius 2 is 1.96 bits per heavy atom. The number of fused-ring (bicyclic) bond motifs is 1. The van der Waals surface area contributed by atoms with Crippen LogP contribution < -0.4 is 4.72 Å². The molecule has 6 heteroatoms. The quantitative estimate of drug-likeness (QED) is 0.890. The molecule has 0 heterocycles. The summed E-state index contributed by atoms with van der Waals surface area (Å²) < 4.78 is 27.6. The number of sulfonamides is 1. The predicted molar refractivity (Wildman–Crippen MR) is 90.0 cm³/mol. The SMILES string of the molecule is Cc1c(Cl)cccc1S(=O)(=O)NC[C@]1(O)CCc2ccccc21. The van der Waals surface area contributed by atoms with E-state index < -0.39 is 15.6 Å². The molecule has 0 fully saturated rings. The van der Waals surface area contributed by atoms with Crippen molar-refractivity contribution >= 4 is 21.6 Å². The number of benzene rings is 2. The molecular formula is C17H18ClNO3S. The fourth-order valence-electron chi connectivity index (χ4n) is 3.02. The Morgan fingerprint density at radius 1 is 1.22 bits per heavy atom. The Kier molecular flexibility index (Phi) is 4.23. The van der Waals surface area contributed by atoms with Crippen LogP contribution in [0.25, 0.3) is 0 Å². The van der Waals surface area contributed by atoms with E-state index in [1.807, 2.05) is 24.3 Å². The van der Waals surface area contributed by atoms with Gasteiger partial charge >= 0.3 is 0 Å². The first-order valence-corrected chi connectivity index (χ1v) is 9.25. The van der Waals surface area contributed by atoms with Crippen molar-refractivity contribution in [3.63, 3.8) is 0 Å². The molecule has 0 radical (unpaired) electrons. The zero-order valence-corrected chi connectivity index (χ0v) is 14.3. The zero-order valence-electron chi connectivity index (χ0n) is 12.7. The molecular weight excluding hydrogens is 334 g/mol. The molecule has 0 aliphatic heterocycles. The number of aryl methyl sites for hydroxylation is 1. The normalized spacial score (nSPS) is 20.5. The average Bonchev–Trinajstić information content (AvgIpc) is 2.87. The third-order valence-corrected chi connectivity index (χ3v) is 6.34. The largest absolute Gasteiger partial charge is 0.384 e. The van der Waals surface area contributed by atoms with Crippen molar-refractivity contribution < 1.29 is 13.5 Å². The third-order valence-electron chi connectivity index (χ3n) is 4.39. The Bertz CT molecular complexity index is 851. The Balaban J connectivity index is 1.85. The molecule has 0 aromatic heterocycles. The first-order chi connectivity index (χ1) is 10.8. The van der Waals surface area contributed by atoms with Gasteiger partial charge in [0.1, 0.15) is 5.60 Å². The minimum Gasteiger partial charge on any atom is -0.384 e. The summed E-state index contributed by atoms with van der Waals surface area (Å²) in [5, 5.41) is 11.2. The third kappa shape index (κ3) is 3.02. The lowest BCUT2D eigenvalue weighted by atomic mass is 9.96.